The van der Waals surface area contributed by atoms with Gasteiger partial charge in [0.15, 0.2) is 29.0 Å². The van der Waals surface area contributed by atoms with Gasteiger partial charge in [-0.1, -0.05) is 0 Å². The van der Waals surface area contributed by atoms with Crippen molar-refractivity contribution in [1.29, 1.82) is 0 Å². The van der Waals surface area contributed by atoms with E-state index < -0.39 is 52.5 Å². The van der Waals surface area contributed by atoms with E-state index in [-0.39, 0.29) is 36.8 Å². The molecule has 2 N–H and O–H groups in total. The van der Waals surface area contributed by atoms with Gasteiger partial charge in [0.1, 0.15) is 17.2 Å². The zero-order chi connectivity index (χ0) is 26.3. The number of hydrogen-bond acceptors (Lipinski definition) is 7. The molecule has 2 aromatic heterocycles. The molecule has 0 atom stereocenters. The molecular formula is C22H14BrF3N2O7S. The van der Waals surface area contributed by atoms with Gasteiger partial charge >= 0.3 is 11.7 Å². The number of aromatic nitrogens is 2. The Morgan fingerprint density at radius 3 is 2.42 bits per heavy atom. The average Bonchev–Trinajstić information content (AvgIpc) is 3.17. The second kappa shape index (κ2) is 9.70. The van der Waals surface area contributed by atoms with Crippen LogP contribution in [0.15, 0.2) is 37.6 Å². The molecule has 188 valence electrons. The van der Waals surface area contributed by atoms with Crippen LogP contribution in [0.5, 0.6) is 17.2 Å². The van der Waals surface area contributed by atoms with Gasteiger partial charge < -0.3 is 19.3 Å². The summed E-state index contributed by atoms with van der Waals surface area (Å²) in [5.41, 5.74) is -3.42. The fourth-order valence-electron chi connectivity index (χ4n) is 3.48. The van der Waals surface area contributed by atoms with Gasteiger partial charge in [-0.15, -0.1) is 11.3 Å². The number of nitrogens with one attached hydrogen (secondary N) is 1. The highest BCUT2D eigenvalue weighted by molar-refractivity contribution is 9.11. The van der Waals surface area contributed by atoms with E-state index in [1.54, 1.807) is 0 Å². The highest BCUT2D eigenvalue weighted by Gasteiger charge is 2.25. The van der Waals surface area contributed by atoms with Crippen molar-refractivity contribution in [3.63, 3.8) is 0 Å². The van der Waals surface area contributed by atoms with Crippen molar-refractivity contribution < 1.29 is 37.3 Å². The van der Waals surface area contributed by atoms with Crippen molar-refractivity contribution >= 4 is 43.5 Å². The van der Waals surface area contributed by atoms with Crippen molar-refractivity contribution in [3.8, 4) is 22.9 Å². The van der Waals surface area contributed by atoms with Crippen LogP contribution in [0.4, 0.5) is 13.2 Å². The number of nitrogens with zero attached hydrogens (tertiary/aromatic N) is 1. The largest absolute Gasteiger partial charge is 0.496 e. The maximum atomic E-state index is 15.0. The molecule has 36 heavy (non-hydrogen) atoms. The molecule has 4 aromatic rings. The molecule has 2 aromatic carbocycles. The first-order chi connectivity index (χ1) is 17.1. The number of fused-ring (bicyclic) bond motifs is 1. The zero-order valence-corrected chi connectivity index (χ0v) is 20.7. The molecule has 0 radical (unpaired) electrons. The third kappa shape index (κ3) is 4.22. The van der Waals surface area contributed by atoms with Gasteiger partial charge in [0.05, 0.1) is 40.2 Å². The summed E-state index contributed by atoms with van der Waals surface area (Å²) in [5, 5.41) is 9.15. The van der Waals surface area contributed by atoms with Crippen LogP contribution in [-0.2, 0) is 6.61 Å². The first-order valence-electron chi connectivity index (χ1n) is 9.81. The van der Waals surface area contributed by atoms with Crippen LogP contribution >= 0.6 is 27.3 Å². The summed E-state index contributed by atoms with van der Waals surface area (Å²) >= 11 is 3.86. The first-order valence-corrected chi connectivity index (χ1v) is 11.4. The smallest absolute Gasteiger partial charge is 0.338 e. The molecule has 4 rings (SSSR count). The molecule has 0 saturated heterocycles. The number of hydrogen-bond donors (Lipinski definition) is 2. The quantitative estimate of drug-likeness (QED) is 0.333. The van der Waals surface area contributed by atoms with Gasteiger partial charge in [-0.05, 0) is 28.1 Å². The Balaban J connectivity index is 1.88. The number of carboxylic acids is 1. The summed E-state index contributed by atoms with van der Waals surface area (Å²) in [4.78, 5) is 39.9. The van der Waals surface area contributed by atoms with Gasteiger partial charge in [-0.25, -0.2) is 27.3 Å². The minimum atomic E-state index is -1.44. The molecule has 2 heterocycles. The van der Waals surface area contributed by atoms with Crippen LogP contribution < -0.4 is 25.5 Å². The van der Waals surface area contributed by atoms with E-state index in [1.165, 1.54) is 20.3 Å². The Kier molecular flexibility index (Phi) is 6.82. The third-order valence-electron chi connectivity index (χ3n) is 5.14. The second-order valence-electron chi connectivity index (χ2n) is 7.12. The Morgan fingerprint density at radius 2 is 1.78 bits per heavy atom. The van der Waals surface area contributed by atoms with Crippen molar-refractivity contribution in [1.82, 2.24) is 9.55 Å². The van der Waals surface area contributed by atoms with E-state index in [4.69, 9.17) is 14.2 Å². The van der Waals surface area contributed by atoms with E-state index in [2.05, 4.69) is 20.9 Å². The molecular weight excluding hydrogens is 573 g/mol. The molecule has 0 aliphatic heterocycles. The Morgan fingerprint density at radius 1 is 1.08 bits per heavy atom. The fraction of sp³-hybridized carbons (Fsp3) is 0.136. The summed E-state index contributed by atoms with van der Waals surface area (Å²) in [5.74, 6) is -5.31. The van der Waals surface area contributed by atoms with Gasteiger partial charge in [-0.3, -0.25) is 9.78 Å². The lowest BCUT2D eigenvalue weighted by atomic mass is 10.2. The van der Waals surface area contributed by atoms with E-state index >= 15 is 4.39 Å². The van der Waals surface area contributed by atoms with Crippen LogP contribution in [0.1, 0.15) is 15.9 Å². The summed E-state index contributed by atoms with van der Waals surface area (Å²) in [6.45, 7) is -0.584. The Labute approximate surface area is 211 Å². The van der Waals surface area contributed by atoms with Crippen molar-refractivity contribution in [2.75, 3.05) is 14.2 Å². The molecule has 0 aliphatic carbocycles. The molecule has 0 saturated carbocycles. The number of carboxylic acid groups (broad SMARTS) is 1. The molecule has 0 spiro atoms. The lowest BCUT2D eigenvalue weighted by Gasteiger charge is -2.16. The van der Waals surface area contributed by atoms with Gasteiger partial charge in [0.2, 0.25) is 0 Å². The summed E-state index contributed by atoms with van der Waals surface area (Å²) in [7, 11) is 2.44. The summed E-state index contributed by atoms with van der Waals surface area (Å²) in [6, 6.07) is 3.83. The maximum absolute atomic E-state index is 15.0. The lowest BCUT2D eigenvalue weighted by Crippen LogP contribution is -2.34. The monoisotopic (exact) mass is 586 g/mol. The molecule has 0 aliphatic rings. The molecule has 0 fully saturated rings. The van der Waals surface area contributed by atoms with Crippen LogP contribution in [-0.4, -0.2) is 34.8 Å². The fourth-order valence-corrected chi connectivity index (χ4v) is 5.23. The van der Waals surface area contributed by atoms with E-state index in [0.29, 0.717) is 4.57 Å². The normalized spacial score (nSPS) is 11.1. The number of thiophene rings is 1. The number of aromatic amines is 1. The zero-order valence-electron chi connectivity index (χ0n) is 18.3. The molecule has 0 unspecified atom stereocenters. The number of ether oxygens (including phenoxy) is 3. The van der Waals surface area contributed by atoms with E-state index in [0.717, 1.165) is 29.5 Å². The molecule has 14 heteroatoms. The van der Waals surface area contributed by atoms with Gasteiger partial charge in [0, 0.05) is 12.1 Å². The lowest BCUT2D eigenvalue weighted by molar-refractivity contribution is 0.0698. The predicted molar refractivity (Wildman–Crippen MR) is 126 cm³/mol. The summed E-state index contributed by atoms with van der Waals surface area (Å²) < 4.78 is 59.2. The van der Waals surface area contributed by atoms with Crippen LogP contribution in [0, 0.1) is 17.5 Å². The highest BCUT2D eigenvalue weighted by Crippen LogP contribution is 2.35. The average molecular weight is 587 g/mol. The third-order valence-corrected chi connectivity index (χ3v) is 6.91. The van der Waals surface area contributed by atoms with Crippen molar-refractivity contribution in [2.24, 2.45) is 0 Å². The second-order valence-corrected chi connectivity index (χ2v) is 9.45. The number of aromatic carboxylic acids is 1. The highest BCUT2D eigenvalue weighted by atomic mass is 79.9. The standard InChI is InChI=1S/C22H14BrF3N2O7S/c1-33-12-4-3-9(24)17(26)8(12)7-35-14-6-11(10(25)5-13(14)34-2)28-20(29)16-15(21(30)31)18(23)36-19(16)27-22(28)32/h3-6H,7H2,1-2H3,(H,27,32)(H,30,31). The SMILES string of the molecule is COc1cc(F)c(-n2c(=O)[nH]c3sc(Br)c(C(=O)O)c3c2=O)cc1OCc1c(OC)ccc(F)c1F. The van der Waals surface area contributed by atoms with Crippen molar-refractivity contribution in [2.45, 2.75) is 6.61 Å². The minimum absolute atomic E-state index is 0.0162. The van der Waals surface area contributed by atoms with E-state index in [9.17, 15) is 28.3 Å². The number of halogens is 4. The Hall–Kier alpha value is -3.78. The van der Waals surface area contributed by atoms with Crippen LogP contribution in [0.25, 0.3) is 15.9 Å². The molecule has 9 nitrogen and oxygen atoms in total. The maximum Gasteiger partial charge on any atom is 0.338 e. The van der Waals surface area contributed by atoms with Crippen molar-refractivity contribution in [3.05, 3.63) is 77.5 Å². The molecule has 0 amide bonds. The number of rotatable bonds is 7. The van der Waals surface area contributed by atoms with Crippen LogP contribution in [0.2, 0.25) is 0 Å². The van der Waals surface area contributed by atoms with Gasteiger partial charge in [-0.2, -0.15) is 0 Å². The molecule has 0 bridgehead atoms. The number of H-pyrrole nitrogens is 1. The van der Waals surface area contributed by atoms with Crippen LogP contribution in [0.3, 0.4) is 0 Å². The summed E-state index contributed by atoms with van der Waals surface area (Å²) in [6.07, 6.45) is 0. The minimum Gasteiger partial charge on any atom is -0.496 e. The predicted octanol–water partition coefficient (Wildman–Crippen LogP) is 4.21. The first kappa shape index (κ1) is 25.3. The number of methoxy groups -OCH3 is 2. The number of carbonyl (C=O) groups is 1. The van der Waals surface area contributed by atoms with Gasteiger partial charge in [0.25, 0.3) is 5.56 Å². The topological polar surface area (TPSA) is 120 Å². The number of benzene rings is 2. The van der Waals surface area contributed by atoms with E-state index in [1.807, 2.05) is 0 Å². The Bertz CT molecular complexity index is 1650.